The largest absolute Gasteiger partial charge is 0.395 e. The Kier molecular flexibility index (Phi) is 5.01. The van der Waals surface area contributed by atoms with Gasteiger partial charge in [-0.2, -0.15) is 5.10 Å². The summed E-state index contributed by atoms with van der Waals surface area (Å²) in [4.78, 5) is 14.0. The lowest BCUT2D eigenvalue weighted by Gasteiger charge is -2.16. The Balaban J connectivity index is 2.12. The second-order valence-corrected chi connectivity index (χ2v) is 5.92. The quantitative estimate of drug-likeness (QED) is 0.870. The second-order valence-electron chi connectivity index (χ2n) is 5.01. The van der Waals surface area contributed by atoms with E-state index < -0.39 is 0 Å². The van der Waals surface area contributed by atoms with Crippen LogP contribution in [0.5, 0.6) is 0 Å². The SMILES string of the molecule is CCCc1[nH]nc(C(=O)N(C)Cc2cccc(Br)c2)c1N. The second kappa shape index (κ2) is 6.76. The van der Waals surface area contributed by atoms with Gasteiger partial charge >= 0.3 is 0 Å². The Morgan fingerprint density at radius 1 is 1.48 bits per heavy atom. The maximum atomic E-state index is 12.4. The monoisotopic (exact) mass is 350 g/mol. The lowest BCUT2D eigenvalue weighted by atomic mass is 10.2. The lowest BCUT2D eigenvalue weighted by molar-refractivity contribution is 0.0780. The number of nitrogens with two attached hydrogens (primary N) is 1. The van der Waals surface area contributed by atoms with Gasteiger partial charge in [-0.15, -0.1) is 0 Å². The number of aromatic nitrogens is 2. The highest BCUT2D eigenvalue weighted by molar-refractivity contribution is 9.10. The van der Waals surface area contributed by atoms with Crippen molar-refractivity contribution in [1.29, 1.82) is 0 Å². The number of nitrogen functional groups attached to an aromatic ring is 1. The van der Waals surface area contributed by atoms with Gasteiger partial charge in [0.05, 0.1) is 11.4 Å². The fourth-order valence-corrected chi connectivity index (χ4v) is 2.60. The van der Waals surface area contributed by atoms with E-state index in [0.29, 0.717) is 17.9 Å². The molecule has 0 bridgehead atoms. The molecular formula is C15H19BrN4O. The van der Waals surface area contributed by atoms with E-state index in [1.165, 1.54) is 0 Å². The molecule has 112 valence electrons. The molecule has 0 atom stereocenters. The summed E-state index contributed by atoms with van der Waals surface area (Å²) in [6, 6.07) is 7.86. The van der Waals surface area contributed by atoms with Crippen LogP contribution >= 0.6 is 15.9 Å². The zero-order chi connectivity index (χ0) is 15.4. The third-order valence-corrected chi connectivity index (χ3v) is 3.73. The number of aromatic amines is 1. The number of carbonyl (C=O) groups is 1. The van der Waals surface area contributed by atoms with Crippen LogP contribution in [0.15, 0.2) is 28.7 Å². The summed E-state index contributed by atoms with van der Waals surface area (Å²) in [6.07, 6.45) is 1.75. The van der Waals surface area contributed by atoms with Gasteiger partial charge in [-0.1, -0.05) is 41.4 Å². The Morgan fingerprint density at radius 2 is 2.24 bits per heavy atom. The van der Waals surface area contributed by atoms with E-state index in [-0.39, 0.29) is 5.91 Å². The Morgan fingerprint density at radius 3 is 2.90 bits per heavy atom. The minimum Gasteiger partial charge on any atom is -0.395 e. The highest BCUT2D eigenvalue weighted by Crippen LogP contribution is 2.19. The van der Waals surface area contributed by atoms with Gasteiger partial charge in [-0.25, -0.2) is 0 Å². The van der Waals surface area contributed by atoms with Crippen LogP contribution in [0, 0.1) is 0 Å². The number of anilines is 1. The Bertz CT molecular complexity index is 638. The van der Waals surface area contributed by atoms with E-state index in [0.717, 1.165) is 28.6 Å². The first-order valence-electron chi connectivity index (χ1n) is 6.85. The molecule has 21 heavy (non-hydrogen) atoms. The number of carbonyl (C=O) groups excluding carboxylic acids is 1. The van der Waals surface area contributed by atoms with E-state index in [1.54, 1.807) is 11.9 Å². The van der Waals surface area contributed by atoms with Gasteiger partial charge in [0.15, 0.2) is 5.69 Å². The zero-order valence-electron chi connectivity index (χ0n) is 12.2. The first kappa shape index (κ1) is 15.6. The van der Waals surface area contributed by atoms with Crippen LogP contribution in [0.3, 0.4) is 0 Å². The average Bonchev–Trinajstić information content (AvgIpc) is 2.80. The van der Waals surface area contributed by atoms with Crippen molar-refractivity contribution in [3.05, 3.63) is 45.7 Å². The number of H-pyrrole nitrogens is 1. The predicted octanol–water partition coefficient (Wildman–Crippen LogP) is 2.98. The zero-order valence-corrected chi connectivity index (χ0v) is 13.8. The van der Waals surface area contributed by atoms with Crippen LogP contribution in [0.2, 0.25) is 0 Å². The molecule has 2 aromatic rings. The summed E-state index contributed by atoms with van der Waals surface area (Å²) < 4.78 is 0.991. The van der Waals surface area contributed by atoms with Crippen molar-refractivity contribution < 1.29 is 4.79 Å². The van der Waals surface area contributed by atoms with Crippen LogP contribution < -0.4 is 5.73 Å². The Hall–Kier alpha value is -1.82. The molecule has 0 aliphatic carbocycles. The number of halogens is 1. The average molecular weight is 351 g/mol. The van der Waals surface area contributed by atoms with Crippen LogP contribution in [-0.4, -0.2) is 28.1 Å². The minimum absolute atomic E-state index is 0.175. The number of nitrogens with zero attached hydrogens (tertiary/aromatic N) is 2. The first-order valence-corrected chi connectivity index (χ1v) is 7.64. The fourth-order valence-electron chi connectivity index (χ4n) is 2.15. The third kappa shape index (κ3) is 3.64. The number of rotatable bonds is 5. The molecule has 0 fully saturated rings. The molecule has 2 rings (SSSR count). The number of amides is 1. The van der Waals surface area contributed by atoms with Gasteiger partial charge in [-0.3, -0.25) is 9.89 Å². The molecule has 5 nitrogen and oxygen atoms in total. The van der Waals surface area contributed by atoms with Crippen molar-refractivity contribution in [2.24, 2.45) is 0 Å². The number of hydrogen-bond acceptors (Lipinski definition) is 3. The van der Waals surface area contributed by atoms with E-state index in [4.69, 9.17) is 5.73 Å². The van der Waals surface area contributed by atoms with Gasteiger partial charge in [0.2, 0.25) is 0 Å². The molecule has 0 aliphatic heterocycles. The molecule has 1 aromatic heterocycles. The van der Waals surface area contributed by atoms with E-state index in [9.17, 15) is 4.79 Å². The van der Waals surface area contributed by atoms with Crippen LogP contribution in [-0.2, 0) is 13.0 Å². The van der Waals surface area contributed by atoms with Gasteiger partial charge in [0, 0.05) is 18.1 Å². The van der Waals surface area contributed by atoms with Crippen LogP contribution in [0.1, 0.15) is 35.1 Å². The smallest absolute Gasteiger partial charge is 0.276 e. The molecule has 0 spiro atoms. The molecular weight excluding hydrogens is 332 g/mol. The number of hydrogen-bond donors (Lipinski definition) is 2. The topological polar surface area (TPSA) is 75.0 Å². The molecule has 0 aliphatic rings. The van der Waals surface area contributed by atoms with Gasteiger partial charge in [-0.05, 0) is 24.1 Å². The number of benzene rings is 1. The molecule has 3 N–H and O–H groups in total. The van der Waals surface area contributed by atoms with Crippen LogP contribution in [0.4, 0.5) is 5.69 Å². The van der Waals surface area contributed by atoms with E-state index in [1.807, 2.05) is 24.3 Å². The predicted molar refractivity (Wildman–Crippen MR) is 86.9 cm³/mol. The summed E-state index contributed by atoms with van der Waals surface area (Å²) in [5.41, 5.74) is 8.63. The lowest BCUT2D eigenvalue weighted by Crippen LogP contribution is -2.27. The van der Waals surface area contributed by atoms with E-state index >= 15 is 0 Å². The summed E-state index contributed by atoms with van der Waals surface area (Å²) in [5, 5.41) is 6.92. The van der Waals surface area contributed by atoms with Crippen molar-refractivity contribution >= 4 is 27.5 Å². The van der Waals surface area contributed by atoms with Crippen molar-refractivity contribution in [3.63, 3.8) is 0 Å². The van der Waals surface area contributed by atoms with Crippen LogP contribution in [0.25, 0.3) is 0 Å². The van der Waals surface area contributed by atoms with Crippen molar-refractivity contribution in [1.82, 2.24) is 15.1 Å². The first-order chi connectivity index (χ1) is 10.0. The van der Waals surface area contributed by atoms with Crippen molar-refractivity contribution in [2.75, 3.05) is 12.8 Å². The van der Waals surface area contributed by atoms with Gasteiger partial charge in [0.25, 0.3) is 5.91 Å². The Labute approximate surface area is 132 Å². The van der Waals surface area contributed by atoms with E-state index in [2.05, 4.69) is 33.1 Å². The molecule has 0 saturated heterocycles. The highest BCUT2D eigenvalue weighted by Gasteiger charge is 2.20. The summed E-state index contributed by atoms with van der Waals surface area (Å²) >= 11 is 3.43. The third-order valence-electron chi connectivity index (χ3n) is 3.24. The summed E-state index contributed by atoms with van der Waals surface area (Å²) in [6.45, 7) is 2.56. The summed E-state index contributed by atoms with van der Waals surface area (Å²) in [7, 11) is 1.75. The number of nitrogens with one attached hydrogen (secondary N) is 1. The molecule has 0 unspecified atom stereocenters. The van der Waals surface area contributed by atoms with Crippen molar-refractivity contribution in [2.45, 2.75) is 26.3 Å². The van der Waals surface area contributed by atoms with Gasteiger partial charge < -0.3 is 10.6 Å². The highest BCUT2D eigenvalue weighted by atomic mass is 79.9. The molecule has 1 heterocycles. The maximum Gasteiger partial charge on any atom is 0.276 e. The fraction of sp³-hybridized carbons (Fsp3) is 0.333. The normalized spacial score (nSPS) is 10.6. The molecule has 0 saturated carbocycles. The minimum atomic E-state index is -0.175. The number of aryl methyl sites for hydroxylation is 1. The van der Waals surface area contributed by atoms with Gasteiger partial charge in [0.1, 0.15) is 0 Å². The molecule has 0 radical (unpaired) electrons. The molecule has 6 heteroatoms. The van der Waals surface area contributed by atoms with Crippen molar-refractivity contribution in [3.8, 4) is 0 Å². The molecule has 1 amide bonds. The standard InChI is InChI=1S/C15H19BrN4O/c1-3-5-12-13(17)14(19-18-12)15(21)20(2)9-10-6-4-7-11(16)8-10/h4,6-8H,3,5,9,17H2,1-2H3,(H,18,19). The summed E-state index contributed by atoms with van der Waals surface area (Å²) in [5.74, 6) is -0.175. The maximum absolute atomic E-state index is 12.4. The molecule has 1 aromatic carbocycles.